The van der Waals surface area contributed by atoms with Gasteiger partial charge in [0.25, 0.3) is 0 Å². The van der Waals surface area contributed by atoms with Crippen molar-refractivity contribution in [2.24, 2.45) is 0 Å². The van der Waals surface area contributed by atoms with Gasteiger partial charge in [-0.05, 0) is 19.9 Å². The third-order valence-corrected chi connectivity index (χ3v) is 4.28. The van der Waals surface area contributed by atoms with Crippen molar-refractivity contribution < 1.29 is 9.84 Å². The molecule has 2 heterocycles. The summed E-state index contributed by atoms with van der Waals surface area (Å²) in [4.78, 5) is 4.87. The Balaban J connectivity index is 1.67. The molecule has 0 radical (unpaired) electrons. The topological polar surface area (TPSA) is 48.0 Å². The maximum absolute atomic E-state index is 9.57. The molecule has 0 aromatic rings. The van der Waals surface area contributed by atoms with Crippen molar-refractivity contribution in [1.29, 1.82) is 0 Å². The van der Waals surface area contributed by atoms with E-state index in [9.17, 15) is 5.11 Å². The minimum atomic E-state index is -0.0924. The van der Waals surface area contributed by atoms with Crippen LogP contribution in [-0.2, 0) is 4.74 Å². The first-order valence-electron chi connectivity index (χ1n) is 7.09. The molecule has 2 fully saturated rings. The van der Waals surface area contributed by atoms with Gasteiger partial charge in [0.05, 0.1) is 6.61 Å². The van der Waals surface area contributed by atoms with E-state index in [4.69, 9.17) is 4.74 Å². The molecular weight excluding hydrogens is 230 g/mol. The zero-order valence-corrected chi connectivity index (χ0v) is 11.5. The highest BCUT2D eigenvalue weighted by molar-refractivity contribution is 4.89. The largest absolute Gasteiger partial charge is 0.394 e. The van der Waals surface area contributed by atoms with Gasteiger partial charge in [-0.1, -0.05) is 0 Å². The molecule has 0 bridgehead atoms. The van der Waals surface area contributed by atoms with Crippen LogP contribution in [0.3, 0.4) is 0 Å². The summed E-state index contributed by atoms with van der Waals surface area (Å²) in [7, 11) is 2.18. The number of ether oxygens (including phenoxy) is 1. The summed E-state index contributed by atoms with van der Waals surface area (Å²) in [5, 5.41) is 13.1. The molecule has 2 saturated heterocycles. The number of nitrogens with zero attached hydrogens (tertiary/aromatic N) is 2. The lowest BCUT2D eigenvalue weighted by molar-refractivity contribution is 0.0106. The number of hydrogen-bond acceptors (Lipinski definition) is 5. The zero-order chi connectivity index (χ0) is 12.8. The summed E-state index contributed by atoms with van der Waals surface area (Å²) in [6.45, 7) is 8.45. The van der Waals surface area contributed by atoms with Crippen LogP contribution < -0.4 is 5.32 Å². The fourth-order valence-corrected chi connectivity index (χ4v) is 2.70. The molecule has 2 N–H and O–H groups in total. The maximum atomic E-state index is 9.57. The molecule has 2 rings (SSSR count). The van der Waals surface area contributed by atoms with E-state index < -0.39 is 0 Å². The van der Waals surface area contributed by atoms with Crippen molar-refractivity contribution in [3.05, 3.63) is 0 Å². The maximum Gasteiger partial charge on any atom is 0.0615 e. The molecule has 5 nitrogen and oxygen atoms in total. The normalized spacial score (nSPS) is 26.3. The van der Waals surface area contributed by atoms with Crippen LogP contribution in [0.2, 0.25) is 0 Å². The lowest BCUT2D eigenvalue weighted by atomic mass is 9.91. The second-order valence-corrected chi connectivity index (χ2v) is 5.62. The molecule has 0 aliphatic carbocycles. The minimum absolute atomic E-state index is 0.0924. The van der Waals surface area contributed by atoms with Crippen LogP contribution >= 0.6 is 0 Å². The average Bonchev–Trinajstić information content (AvgIpc) is 2.42. The minimum Gasteiger partial charge on any atom is -0.394 e. The van der Waals surface area contributed by atoms with Crippen molar-refractivity contribution in [3.8, 4) is 0 Å². The molecule has 0 aromatic carbocycles. The van der Waals surface area contributed by atoms with Crippen molar-refractivity contribution >= 4 is 0 Å². The molecule has 2 aliphatic rings. The molecule has 106 valence electrons. The number of likely N-dealkylation sites (N-methyl/N-ethyl adjacent to an activating group) is 1. The lowest BCUT2D eigenvalue weighted by Crippen LogP contribution is -2.55. The second kappa shape index (κ2) is 6.82. The van der Waals surface area contributed by atoms with Crippen LogP contribution in [0.5, 0.6) is 0 Å². The average molecular weight is 257 g/mol. The van der Waals surface area contributed by atoms with Gasteiger partial charge in [-0.2, -0.15) is 0 Å². The predicted octanol–water partition coefficient (Wildman–Crippen LogP) is -0.635. The Kier molecular flexibility index (Phi) is 5.38. The van der Waals surface area contributed by atoms with Gasteiger partial charge in [0.15, 0.2) is 0 Å². The summed E-state index contributed by atoms with van der Waals surface area (Å²) >= 11 is 0. The quantitative estimate of drug-likeness (QED) is 0.686. The number of nitrogens with one attached hydrogen (secondary N) is 1. The van der Waals surface area contributed by atoms with E-state index in [1.807, 2.05) is 0 Å². The van der Waals surface area contributed by atoms with Gasteiger partial charge in [-0.15, -0.1) is 0 Å². The first-order valence-corrected chi connectivity index (χ1v) is 7.09. The predicted molar refractivity (Wildman–Crippen MR) is 71.8 cm³/mol. The first-order chi connectivity index (χ1) is 8.74. The molecule has 0 aromatic heterocycles. The van der Waals surface area contributed by atoms with Crippen LogP contribution in [0, 0.1) is 0 Å². The highest BCUT2D eigenvalue weighted by atomic mass is 16.5. The fourth-order valence-electron chi connectivity index (χ4n) is 2.70. The first kappa shape index (κ1) is 14.2. The number of aliphatic hydroxyl groups is 1. The van der Waals surface area contributed by atoms with Gasteiger partial charge < -0.3 is 20.1 Å². The Morgan fingerprint density at radius 1 is 1.17 bits per heavy atom. The van der Waals surface area contributed by atoms with Crippen molar-refractivity contribution in [2.45, 2.75) is 18.4 Å². The SMILES string of the molecule is CN1CCN(CCNC2(CO)CCOCC2)CC1. The number of hydrogen-bond donors (Lipinski definition) is 2. The Bertz CT molecular complexity index is 236. The fraction of sp³-hybridized carbons (Fsp3) is 1.00. The Morgan fingerprint density at radius 2 is 1.83 bits per heavy atom. The highest BCUT2D eigenvalue weighted by Gasteiger charge is 2.31. The number of rotatable bonds is 5. The highest BCUT2D eigenvalue weighted by Crippen LogP contribution is 2.19. The van der Waals surface area contributed by atoms with Crippen molar-refractivity contribution in [2.75, 3.05) is 66.1 Å². The van der Waals surface area contributed by atoms with E-state index in [-0.39, 0.29) is 12.1 Å². The van der Waals surface area contributed by atoms with E-state index >= 15 is 0 Å². The van der Waals surface area contributed by atoms with Crippen LogP contribution in [0.1, 0.15) is 12.8 Å². The van der Waals surface area contributed by atoms with E-state index in [0.29, 0.717) is 0 Å². The van der Waals surface area contributed by atoms with E-state index in [0.717, 1.165) is 52.2 Å². The molecule has 0 atom stereocenters. The summed E-state index contributed by atoms with van der Waals surface area (Å²) < 4.78 is 5.37. The smallest absolute Gasteiger partial charge is 0.0615 e. The van der Waals surface area contributed by atoms with Gasteiger partial charge in [-0.3, -0.25) is 4.90 Å². The van der Waals surface area contributed by atoms with Gasteiger partial charge in [0.2, 0.25) is 0 Å². The summed E-state index contributed by atoms with van der Waals surface area (Å²) in [6, 6.07) is 0. The number of piperazine rings is 1. The van der Waals surface area contributed by atoms with E-state index in [1.54, 1.807) is 0 Å². The molecule has 0 amide bonds. The Morgan fingerprint density at radius 3 is 2.44 bits per heavy atom. The third-order valence-electron chi connectivity index (χ3n) is 4.28. The third kappa shape index (κ3) is 3.90. The van der Waals surface area contributed by atoms with Crippen LogP contribution in [-0.4, -0.2) is 86.6 Å². The number of aliphatic hydroxyl groups excluding tert-OH is 1. The van der Waals surface area contributed by atoms with Crippen molar-refractivity contribution in [3.63, 3.8) is 0 Å². The van der Waals surface area contributed by atoms with Crippen LogP contribution in [0.25, 0.3) is 0 Å². The Labute approximate surface area is 110 Å². The molecule has 0 saturated carbocycles. The molecular formula is C13H27N3O2. The molecule has 5 heteroatoms. The molecule has 18 heavy (non-hydrogen) atoms. The molecule has 2 aliphatic heterocycles. The van der Waals surface area contributed by atoms with E-state index in [2.05, 4.69) is 22.2 Å². The summed E-state index contributed by atoms with van der Waals surface area (Å²) in [5.74, 6) is 0. The zero-order valence-electron chi connectivity index (χ0n) is 11.5. The van der Waals surface area contributed by atoms with Gasteiger partial charge in [0.1, 0.15) is 0 Å². The molecule has 0 spiro atoms. The van der Waals surface area contributed by atoms with Gasteiger partial charge in [0, 0.05) is 58.0 Å². The summed E-state index contributed by atoms with van der Waals surface area (Å²) in [6.07, 6.45) is 1.85. The Hall–Kier alpha value is -0.200. The van der Waals surface area contributed by atoms with Crippen LogP contribution in [0.15, 0.2) is 0 Å². The second-order valence-electron chi connectivity index (χ2n) is 5.62. The van der Waals surface area contributed by atoms with Gasteiger partial charge >= 0.3 is 0 Å². The lowest BCUT2D eigenvalue weighted by Gasteiger charge is -2.38. The standard InChI is InChI=1S/C13H27N3O2/c1-15-6-8-16(9-7-15)5-4-14-13(12-17)2-10-18-11-3-13/h14,17H,2-12H2,1H3. The van der Waals surface area contributed by atoms with Gasteiger partial charge in [-0.25, -0.2) is 0 Å². The van der Waals surface area contributed by atoms with Crippen molar-refractivity contribution in [1.82, 2.24) is 15.1 Å². The van der Waals surface area contributed by atoms with E-state index in [1.165, 1.54) is 13.1 Å². The monoisotopic (exact) mass is 257 g/mol. The molecule has 0 unspecified atom stereocenters. The van der Waals surface area contributed by atoms with Crippen LogP contribution in [0.4, 0.5) is 0 Å². The summed E-state index contributed by atoms with van der Waals surface area (Å²) in [5.41, 5.74) is -0.0924.